The van der Waals surface area contributed by atoms with Gasteiger partial charge in [0.15, 0.2) is 6.61 Å². The molecule has 118 valence electrons. The molecular formula is C17H17N3O3. The first kappa shape index (κ1) is 15.0. The number of aryl methyl sites for hydroxylation is 1. The van der Waals surface area contributed by atoms with Crippen molar-refractivity contribution in [2.45, 2.75) is 19.9 Å². The number of carbonyl (C=O) groups excluding carboxylic acids is 2. The Morgan fingerprint density at radius 2 is 2.17 bits per heavy atom. The van der Waals surface area contributed by atoms with Gasteiger partial charge in [-0.1, -0.05) is 6.07 Å². The Bertz CT molecular complexity index is 756. The highest BCUT2D eigenvalue weighted by atomic mass is 16.5. The van der Waals surface area contributed by atoms with Crippen LogP contribution in [0.15, 0.2) is 36.5 Å². The summed E-state index contributed by atoms with van der Waals surface area (Å²) in [6.45, 7) is 3.78. The van der Waals surface area contributed by atoms with Crippen molar-refractivity contribution < 1.29 is 14.3 Å². The van der Waals surface area contributed by atoms with Crippen molar-refractivity contribution in [2.24, 2.45) is 0 Å². The molecule has 1 aromatic heterocycles. The van der Waals surface area contributed by atoms with Crippen molar-refractivity contribution in [3.8, 4) is 5.75 Å². The Balaban J connectivity index is 1.74. The van der Waals surface area contributed by atoms with Crippen molar-refractivity contribution in [3.05, 3.63) is 53.3 Å². The van der Waals surface area contributed by atoms with E-state index in [1.165, 1.54) is 0 Å². The number of hydrogen-bond donors (Lipinski definition) is 2. The smallest absolute Gasteiger partial charge is 0.262 e. The second kappa shape index (κ2) is 6.08. The summed E-state index contributed by atoms with van der Waals surface area (Å²) < 4.78 is 5.32. The molecule has 6 nitrogen and oxygen atoms in total. The summed E-state index contributed by atoms with van der Waals surface area (Å²) in [6.07, 6.45) is 1.55. The molecule has 6 heteroatoms. The fraction of sp³-hybridized carbons (Fsp3) is 0.235. The second-order valence-corrected chi connectivity index (χ2v) is 5.48. The normalized spacial score (nSPS) is 14.3. The van der Waals surface area contributed by atoms with Crippen LogP contribution in [0.5, 0.6) is 5.75 Å². The average molecular weight is 311 g/mol. The van der Waals surface area contributed by atoms with Gasteiger partial charge >= 0.3 is 0 Å². The first-order valence-corrected chi connectivity index (χ1v) is 7.33. The van der Waals surface area contributed by atoms with Gasteiger partial charge in [0.2, 0.25) is 0 Å². The van der Waals surface area contributed by atoms with E-state index < -0.39 is 0 Å². The van der Waals surface area contributed by atoms with Crippen LogP contribution in [0.25, 0.3) is 0 Å². The number of aromatic nitrogens is 1. The van der Waals surface area contributed by atoms with Crippen LogP contribution in [0, 0.1) is 6.92 Å². The third-order valence-electron chi connectivity index (χ3n) is 3.66. The predicted molar refractivity (Wildman–Crippen MR) is 85.4 cm³/mol. The molecule has 2 aromatic rings. The standard InChI is InChI=1S/C17H17N3O3/c1-10-3-4-13(8-18-10)17(22)19-11(2)12-5-6-15-14(7-12)20-16(21)9-23-15/h3-8,11H,9H2,1-2H3,(H,19,22)(H,20,21)/t11-/m0/s1. The lowest BCUT2D eigenvalue weighted by Gasteiger charge is -2.21. The molecule has 0 aliphatic carbocycles. The zero-order chi connectivity index (χ0) is 16.4. The van der Waals surface area contributed by atoms with Crippen LogP contribution in [0.4, 0.5) is 5.69 Å². The number of hydrogen-bond acceptors (Lipinski definition) is 4. The summed E-state index contributed by atoms with van der Waals surface area (Å²) >= 11 is 0. The zero-order valence-corrected chi connectivity index (χ0v) is 12.9. The first-order valence-electron chi connectivity index (χ1n) is 7.33. The van der Waals surface area contributed by atoms with Crippen molar-refractivity contribution in [3.63, 3.8) is 0 Å². The number of fused-ring (bicyclic) bond motifs is 1. The van der Waals surface area contributed by atoms with Crippen LogP contribution in [0.1, 0.15) is 34.6 Å². The molecule has 3 rings (SSSR count). The Labute approximate surface area is 133 Å². The van der Waals surface area contributed by atoms with Crippen molar-refractivity contribution in [1.29, 1.82) is 0 Å². The van der Waals surface area contributed by atoms with Gasteiger partial charge in [0, 0.05) is 11.9 Å². The quantitative estimate of drug-likeness (QED) is 0.911. The van der Waals surface area contributed by atoms with Gasteiger partial charge in [-0.3, -0.25) is 14.6 Å². The van der Waals surface area contributed by atoms with Crippen LogP contribution < -0.4 is 15.4 Å². The number of rotatable bonds is 3. The molecule has 2 amide bonds. The topological polar surface area (TPSA) is 80.3 Å². The largest absolute Gasteiger partial charge is 0.482 e. The molecule has 0 unspecified atom stereocenters. The lowest BCUT2D eigenvalue weighted by molar-refractivity contribution is -0.118. The highest BCUT2D eigenvalue weighted by Crippen LogP contribution is 2.30. The molecule has 0 radical (unpaired) electrons. The fourth-order valence-corrected chi connectivity index (χ4v) is 2.34. The summed E-state index contributed by atoms with van der Waals surface area (Å²) in [6, 6.07) is 8.80. The SMILES string of the molecule is Cc1ccc(C(=O)N[C@@H](C)c2ccc3c(c2)NC(=O)CO3)cn1. The van der Waals surface area contributed by atoms with Crippen LogP contribution in [-0.4, -0.2) is 23.4 Å². The molecule has 1 aromatic carbocycles. The molecule has 0 saturated carbocycles. The van der Waals surface area contributed by atoms with Gasteiger partial charge < -0.3 is 15.4 Å². The van der Waals surface area contributed by atoms with Crippen molar-refractivity contribution >= 4 is 17.5 Å². The van der Waals surface area contributed by atoms with E-state index in [0.29, 0.717) is 17.0 Å². The van der Waals surface area contributed by atoms with E-state index in [1.807, 2.05) is 26.0 Å². The number of carbonyl (C=O) groups is 2. The molecule has 2 N–H and O–H groups in total. The molecular weight excluding hydrogens is 294 g/mol. The summed E-state index contributed by atoms with van der Waals surface area (Å²) in [7, 11) is 0. The van der Waals surface area contributed by atoms with Gasteiger partial charge in [-0.05, 0) is 43.7 Å². The van der Waals surface area contributed by atoms with E-state index in [4.69, 9.17) is 4.74 Å². The molecule has 0 fully saturated rings. The summed E-state index contributed by atoms with van der Waals surface area (Å²) in [5.41, 5.74) is 2.87. The average Bonchev–Trinajstić information content (AvgIpc) is 2.54. The van der Waals surface area contributed by atoms with E-state index in [9.17, 15) is 9.59 Å². The number of amides is 2. The van der Waals surface area contributed by atoms with Crippen molar-refractivity contribution in [1.82, 2.24) is 10.3 Å². The summed E-state index contributed by atoms with van der Waals surface area (Å²) in [4.78, 5) is 27.7. The minimum absolute atomic E-state index is 0.0268. The number of benzene rings is 1. The van der Waals surface area contributed by atoms with E-state index >= 15 is 0 Å². The highest BCUT2D eigenvalue weighted by Gasteiger charge is 2.18. The minimum atomic E-state index is -0.215. The minimum Gasteiger partial charge on any atom is -0.482 e. The first-order chi connectivity index (χ1) is 11.0. The number of nitrogens with one attached hydrogen (secondary N) is 2. The third kappa shape index (κ3) is 3.31. The Morgan fingerprint density at radius 3 is 2.91 bits per heavy atom. The van der Waals surface area contributed by atoms with Crippen molar-refractivity contribution in [2.75, 3.05) is 11.9 Å². The molecule has 1 aliphatic rings. The van der Waals surface area contributed by atoms with Gasteiger partial charge in [0.05, 0.1) is 17.3 Å². The highest BCUT2D eigenvalue weighted by molar-refractivity contribution is 5.96. The van der Waals surface area contributed by atoms with Gasteiger partial charge in [0.25, 0.3) is 11.8 Å². The van der Waals surface area contributed by atoms with E-state index in [2.05, 4.69) is 15.6 Å². The molecule has 23 heavy (non-hydrogen) atoms. The van der Waals surface area contributed by atoms with E-state index in [0.717, 1.165) is 11.3 Å². The lowest BCUT2D eigenvalue weighted by Crippen LogP contribution is -2.28. The van der Waals surface area contributed by atoms with Gasteiger partial charge in [-0.2, -0.15) is 0 Å². The maximum atomic E-state index is 12.2. The van der Waals surface area contributed by atoms with Crippen LogP contribution in [0.2, 0.25) is 0 Å². The van der Waals surface area contributed by atoms with E-state index in [-0.39, 0.29) is 24.5 Å². The Morgan fingerprint density at radius 1 is 1.35 bits per heavy atom. The molecule has 2 heterocycles. The molecule has 0 saturated heterocycles. The van der Waals surface area contributed by atoms with Crippen LogP contribution >= 0.6 is 0 Å². The lowest BCUT2D eigenvalue weighted by atomic mass is 10.1. The number of anilines is 1. The van der Waals surface area contributed by atoms with Crippen LogP contribution in [0.3, 0.4) is 0 Å². The fourth-order valence-electron chi connectivity index (χ4n) is 2.34. The number of pyridine rings is 1. The van der Waals surface area contributed by atoms with Gasteiger partial charge in [-0.15, -0.1) is 0 Å². The maximum Gasteiger partial charge on any atom is 0.262 e. The second-order valence-electron chi connectivity index (χ2n) is 5.48. The van der Waals surface area contributed by atoms with E-state index in [1.54, 1.807) is 24.4 Å². The third-order valence-corrected chi connectivity index (χ3v) is 3.66. The zero-order valence-electron chi connectivity index (χ0n) is 12.9. The predicted octanol–water partition coefficient (Wildman–Crippen LogP) is 2.21. The maximum absolute atomic E-state index is 12.2. The van der Waals surface area contributed by atoms with Gasteiger partial charge in [0.1, 0.15) is 5.75 Å². The molecule has 0 spiro atoms. The van der Waals surface area contributed by atoms with Gasteiger partial charge in [-0.25, -0.2) is 0 Å². The monoisotopic (exact) mass is 311 g/mol. The molecule has 1 atom stereocenters. The number of ether oxygens (including phenoxy) is 1. The molecule has 1 aliphatic heterocycles. The summed E-state index contributed by atoms with van der Waals surface area (Å²) in [5.74, 6) is 0.259. The molecule has 0 bridgehead atoms. The summed E-state index contributed by atoms with van der Waals surface area (Å²) in [5, 5.41) is 5.68. The number of nitrogens with zero attached hydrogens (tertiary/aromatic N) is 1. The van der Waals surface area contributed by atoms with Crippen LogP contribution in [-0.2, 0) is 4.79 Å². The Hall–Kier alpha value is -2.89. The Kier molecular flexibility index (Phi) is 3.97.